The lowest BCUT2D eigenvalue weighted by Gasteiger charge is -2.27. The van der Waals surface area contributed by atoms with Gasteiger partial charge in [-0.05, 0) is 42.7 Å². The molecule has 0 aliphatic heterocycles. The largest absolute Gasteiger partial charge is 0.338 e. The average molecular weight is 413 g/mol. The fourth-order valence-electron chi connectivity index (χ4n) is 4.46. The number of pyridine rings is 1. The number of nitrogens with one attached hydrogen (secondary N) is 2. The zero-order valence-corrected chi connectivity index (χ0v) is 17.0. The molecule has 2 N–H and O–H groups in total. The fraction of sp³-hybridized carbons (Fsp3) is 0.304. The first-order chi connectivity index (χ1) is 15.2. The zero-order valence-electron chi connectivity index (χ0n) is 17.0. The zero-order chi connectivity index (χ0) is 21.2. The minimum atomic E-state index is -0.191. The lowest BCUT2D eigenvalue weighted by Crippen LogP contribution is -2.23. The number of fused-ring (bicyclic) bond motifs is 1. The van der Waals surface area contributed by atoms with E-state index in [-0.39, 0.29) is 17.5 Å². The van der Waals surface area contributed by atoms with Gasteiger partial charge in [-0.3, -0.25) is 14.2 Å². The van der Waals surface area contributed by atoms with Crippen LogP contribution < -0.4 is 10.9 Å². The summed E-state index contributed by atoms with van der Waals surface area (Å²) in [5, 5.41) is 22.5. The summed E-state index contributed by atoms with van der Waals surface area (Å²) < 4.78 is 3.74. The molecule has 1 aliphatic carbocycles. The molecule has 8 nitrogen and oxygen atoms in total. The number of H-pyrrole nitrogens is 1. The quantitative estimate of drug-likeness (QED) is 0.515. The Balaban J connectivity index is 1.52. The van der Waals surface area contributed by atoms with E-state index in [1.165, 1.54) is 0 Å². The second-order valence-corrected chi connectivity index (χ2v) is 7.98. The summed E-state index contributed by atoms with van der Waals surface area (Å²) in [5.74, 6) is 0.414. The van der Waals surface area contributed by atoms with Gasteiger partial charge in [-0.2, -0.15) is 15.5 Å². The Kier molecular flexibility index (Phi) is 5.00. The van der Waals surface area contributed by atoms with E-state index in [1.54, 1.807) is 12.4 Å². The van der Waals surface area contributed by atoms with Crippen LogP contribution in [-0.2, 0) is 6.54 Å². The Hall–Kier alpha value is -3.86. The van der Waals surface area contributed by atoms with E-state index in [0.717, 1.165) is 42.5 Å². The molecule has 1 saturated carbocycles. The van der Waals surface area contributed by atoms with Crippen molar-refractivity contribution in [2.45, 2.75) is 38.3 Å². The molecule has 31 heavy (non-hydrogen) atoms. The van der Waals surface area contributed by atoms with Crippen LogP contribution in [0.1, 0.15) is 37.3 Å². The molecule has 1 fully saturated rings. The number of aromatic amines is 1. The Morgan fingerprint density at radius 1 is 1.23 bits per heavy atom. The van der Waals surface area contributed by atoms with Gasteiger partial charge in [0.15, 0.2) is 5.82 Å². The number of rotatable bonds is 5. The molecule has 0 amide bonds. The van der Waals surface area contributed by atoms with Crippen LogP contribution in [0.5, 0.6) is 0 Å². The van der Waals surface area contributed by atoms with Gasteiger partial charge in [-0.15, -0.1) is 0 Å². The second kappa shape index (κ2) is 8.11. The Bertz CT molecular complexity index is 1300. The van der Waals surface area contributed by atoms with E-state index < -0.39 is 0 Å². The number of aromatic nitrogens is 5. The van der Waals surface area contributed by atoms with Crippen molar-refractivity contribution in [1.29, 1.82) is 5.26 Å². The maximum atomic E-state index is 12.7. The summed E-state index contributed by atoms with van der Waals surface area (Å²) >= 11 is 0. The van der Waals surface area contributed by atoms with Crippen LogP contribution in [-0.4, -0.2) is 24.5 Å². The first kappa shape index (κ1) is 19.1. The lowest BCUT2D eigenvalue weighted by molar-refractivity contribution is 0.277. The molecule has 3 aromatic heterocycles. The van der Waals surface area contributed by atoms with Crippen molar-refractivity contribution in [2.75, 3.05) is 5.32 Å². The van der Waals surface area contributed by atoms with E-state index in [0.29, 0.717) is 17.7 Å². The van der Waals surface area contributed by atoms with Gasteiger partial charge in [0.25, 0.3) is 5.56 Å². The van der Waals surface area contributed by atoms with Crippen LogP contribution >= 0.6 is 0 Å². The van der Waals surface area contributed by atoms with Crippen molar-refractivity contribution >= 4 is 22.4 Å². The van der Waals surface area contributed by atoms with Crippen LogP contribution in [0.4, 0.5) is 11.5 Å². The summed E-state index contributed by atoms with van der Waals surface area (Å²) in [6.45, 7) is 0.657. The molecule has 0 saturated heterocycles. The van der Waals surface area contributed by atoms with Crippen molar-refractivity contribution in [3.05, 3.63) is 70.9 Å². The topological polar surface area (TPSA) is 104 Å². The SMILES string of the molecule is N#CC1CCCCC1n1nc(Nc2cccc(Cn3cccn3)c2)c2c(=O)[nH]ccc21. The maximum absolute atomic E-state index is 12.7. The van der Waals surface area contributed by atoms with Gasteiger partial charge in [-0.25, -0.2) is 0 Å². The molecule has 1 aromatic carbocycles. The summed E-state index contributed by atoms with van der Waals surface area (Å²) in [6, 6.07) is 14.2. The van der Waals surface area contributed by atoms with Gasteiger partial charge in [0.2, 0.25) is 0 Å². The van der Waals surface area contributed by atoms with E-state index in [9.17, 15) is 10.1 Å². The Morgan fingerprint density at radius 2 is 2.13 bits per heavy atom. The number of nitriles is 1. The first-order valence-corrected chi connectivity index (χ1v) is 10.6. The summed E-state index contributed by atoms with van der Waals surface area (Å²) in [7, 11) is 0. The van der Waals surface area contributed by atoms with Crippen molar-refractivity contribution in [3.8, 4) is 6.07 Å². The predicted octanol–water partition coefficient (Wildman–Crippen LogP) is 3.97. The van der Waals surface area contributed by atoms with Gasteiger partial charge in [-0.1, -0.05) is 25.0 Å². The normalized spacial score (nSPS) is 18.7. The third-order valence-corrected chi connectivity index (χ3v) is 5.93. The first-order valence-electron chi connectivity index (χ1n) is 10.6. The Labute approximate surface area is 179 Å². The number of anilines is 2. The Morgan fingerprint density at radius 3 is 2.97 bits per heavy atom. The summed E-state index contributed by atoms with van der Waals surface area (Å²) in [4.78, 5) is 15.4. The molecular formula is C23H23N7O. The molecule has 0 radical (unpaired) electrons. The van der Waals surface area contributed by atoms with Crippen molar-refractivity contribution in [1.82, 2.24) is 24.5 Å². The molecule has 1 aliphatic rings. The van der Waals surface area contributed by atoms with Gasteiger partial charge in [0, 0.05) is 24.3 Å². The van der Waals surface area contributed by atoms with Crippen LogP contribution in [0.25, 0.3) is 10.9 Å². The number of hydrogen-bond donors (Lipinski definition) is 2. The standard InChI is InChI=1S/C23H23N7O/c24-14-17-6-1-2-8-19(17)30-20-9-11-25-23(31)21(20)22(28-30)27-18-7-3-5-16(13-18)15-29-12-4-10-26-29/h3-5,7,9-13,17,19H,1-2,6,8,15H2,(H,25,31)(H,27,28). The van der Waals surface area contributed by atoms with Gasteiger partial charge >= 0.3 is 0 Å². The molecule has 156 valence electrons. The van der Waals surface area contributed by atoms with Crippen LogP contribution in [0.2, 0.25) is 0 Å². The third-order valence-electron chi connectivity index (χ3n) is 5.93. The summed E-state index contributed by atoms with van der Waals surface area (Å²) in [5.41, 5.74) is 2.50. The molecular weight excluding hydrogens is 390 g/mol. The monoisotopic (exact) mass is 413 g/mol. The highest BCUT2D eigenvalue weighted by Crippen LogP contribution is 2.36. The van der Waals surface area contributed by atoms with Crippen LogP contribution in [0.3, 0.4) is 0 Å². The molecule has 3 heterocycles. The fourth-order valence-corrected chi connectivity index (χ4v) is 4.46. The van der Waals surface area contributed by atoms with Gasteiger partial charge in [0.05, 0.1) is 30.1 Å². The van der Waals surface area contributed by atoms with Crippen LogP contribution in [0.15, 0.2) is 59.8 Å². The molecule has 4 aromatic rings. The van der Waals surface area contributed by atoms with E-state index in [4.69, 9.17) is 5.10 Å². The van der Waals surface area contributed by atoms with E-state index in [1.807, 2.05) is 52.0 Å². The number of hydrogen-bond acceptors (Lipinski definition) is 5. The number of nitrogens with zero attached hydrogens (tertiary/aromatic N) is 5. The highest BCUT2D eigenvalue weighted by Gasteiger charge is 2.29. The average Bonchev–Trinajstić information content (AvgIpc) is 3.43. The molecule has 2 unspecified atom stereocenters. The molecule has 8 heteroatoms. The van der Waals surface area contributed by atoms with Crippen molar-refractivity contribution in [2.24, 2.45) is 5.92 Å². The minimum Gasteiger partial charge on any atom is -0.338 e. The lowest BCUT2D eigenvalue weighted by atomic mass is 9.85. The highest BCUT2D eigenvalue weighted by molar-refractivity contribution is 5.91. The maximum Gasteiger partial charge on any atom is 0.261 e. The predicted molar refractivity (Wildman–Crippen MR) is 118 cm³/mol. The van der Waals surface area contributed by atoms with Crippen LogP contribution in [0, 0.1) is 17.2 Å². The van der Waals surface area contributed by atoms with E-state index in [2.05, 4.69) is 21.5 Å². The second-order valence-electron chi connectivity index (χ2n) is 7.98. The molecule has 0 spiro atoms. The van der Waals surface area contributed by atoms with Crippen molar-refractivity contribution in [3.63, 3.8) is 0 Å². The third kappa shape index (κ3) is 3.70. The minimum absolute atomic E-state index is 0.0234. The van der Waals surface area contributed by atoms with Gasteiger partial charge < -0.3 is 10.3 Å². The smallest absolute Gasteiger partial charge is 0.261 e. The number of benzene rings is 1. The van der Waals surface area contributed by atoms with Gasteiger partial charge in [0.1, 0.15) is 5.39 Å². The van der Waals surface area contributed by atoms with Crippen molar-refractivity contribution < 1.29 is 0 Å². The molecule has 2 atom stereocenters. The highest BCUT2D eigenvalue weighted by atomic mass is 16.1. The summed E-state index contributed by atoms with van der Waals surface area (Å²) in [6.07, 6.45) is 9.19. The molecule has 5 rings (SSSR count). The molecule has 0 bridgehead atoms. The van der Waals surface area contributed by atoms with E-state index >= 15 is 0 Å².